The molecule has 0 radical (unpaired) electrons. The van der Waals surface area contributed by atoms with Gasteiger partial charge in [0.25, 0.3) is 0 Å². The summed E-state index contributed by atoms with van der Waals surface area (Å²) >= 11 is 0. The third-order valence-electron chi connectivity index (χ3n) is 2.31. The van der Waals surface area contributed by atoms with Crippen LogP contribution in [0.2, 0.25) is 0 Å². The minimum absolute atomic E-state index is 0.411. The number of aryl methyl sites for hydroxylation is 1. The zero-order valence-electron chi connectivity index (χ0n) is 10.4. The number of hydrogen-bond acceptors (Lipinski definition) is 7. The quantitative estimate of drug-likeness (QED) is 0.812. The molecule has 0 saturated carbocycles. The van der Waals surface area contributed by atoms with Crippen molar-refractivity contribution in [2.24, 2.45) is 7.05 Å². The summed E-state index contributed by atoms with van der Waals surface area (Å²) in [5, 5.41) is 10.8. The minimum atomic E-state index is 0.411. The van der Waals surface area contributed by atoms with Gasteiger partial charge < -0.3 is 19.4 Å². The maximum Gasteiger partial charge on any atom is 0.229 e. The van der Waals surface area contributed by atoms with Gasteiger partial charge in [0.1, 0.15) is 6.33 Å². The highest BCUT2D eigenvalue weighted by atomic mass is 16.5. The van der Waals surface area contributed by atoms with Gasteiger partial charge in [-0.05, 0) is 0 Å². The van der Waals surface area contributed by atoms with Crippen LogP contribution in [0.25, 0.3) is 0 Å². The molecule has 0 saturated heterocycles. The van der Waals surface area contributed by atoms with Gasteiger partial charge in [-0.15, -0.1) is 10.2 Å². The van der Waals surface area contributed by atoms with E-state index in [1.807, 2.05) is 11.6 Å². The average Bonchev–Trinajstić information content (AvgIpc) is 2.81. The van der Waals surface area contributed by atoms with E-state index >= 15 is 0 Å². The Morgan fingerprint density at radius 1 is 1.22 bits per heavy atom. The lowest BCUT2D eigenvalue weighted by Gasteiger charge is -2.07. The largest absolute Gasteiger partial charge is 0.481 e. The number of nitrogens with zero attached hydrogens (tertiary/aromatic N) is 5. The van der Waals surface area contributed by atoms with Crippen LogP contribution in [0.5, 0.6) is 11.8 Å². The first-order chi connectivity index (χ1) is 8.72. The highest BCUT2D eigenvalue weighted by Crippen LogP contribution is 2.17. The van der Waals surface area contributed by atoms with Crippen molar-refractivity contribution < 1.29 is 9.47 Å². The minimum Gasteiger partial charge on any atom is -0.481 e. The molecule has 1 N–H and O–H groups in total. The van der Waals surface area contributed by atoms with Gasteiger partial charge in [0.2, 0.25) is 17.7 Å². The molecule has 0 amide bonds. The predicted octanol–water partition coefficient (Wildman–Crippen LogP) is 0.234. The molecule has 0 unspecified atom stereocenters. The summed E-state index contributed by atoms with van der Waals surface area (Å²) in [5.41, 5.74) is 0. The molecule has 2 heterocycles. The molecule has 2 aromatic rings. The van der Waals surface area contributed by atoms with Crippen molar-refractivity contribution in [3.63, 3.8) is 0 Å². The lowest BCUT2D eigenvalue weighted by molar-refractivity contribution is 0.372. The van der Waals surface area contributed by atoms with Crippen LogP contribution in [-0.4, -0.2) is 39.0 Å². The van der Waals surface area contributed by atoms with Crippen molar-refractivity contribution in [3.8, 4) is 11.8 Å². The molecule has 96 valence electrons. The van der Waals surface area contributed by atoms with E-state index in [-0.39, 0.29) is 0 Å². The van der Waals surface area contributed by atoms with Gasteiger partial charge in [0, 0.05) is 7.05 Å². The highest BCUT2D eigenvalue weighted by molar-refractivity contribution is 5.33. The molecule has 18 heavy (non-hydrogen) atoms. The number of aromatic nitrogens is 5. The molecule has 0 spiro atoms. The number of hydrogen-bond donors (Lipinski definition) is 1. The zero-order valence-corrected chi connectivity index (χ0v) is 10.4. The molecule has 2 rings (SSSR count). The lowest BCUT2D eigenvalue weighted by atomic mass is 10.5. The Morgan fingerprint density at radius 3 is 2.39 bits per heavy atom. The van der Waals surface area contributed by atoms with E-state index in [1.54, 1.807) is 12.4 Å². The van der Waals surface area contributed by atoms with Crippen LogP contribution < -0.4 is 14.8 Å². The van der Waals surface area contributed by atoms with E-state index < -0.39 is 0 Å². The third-order valence-corrected chi connectivity index (χ3v) is 2.31. The summed E-state index contributed by atoms with van der Waals surface area (Å²) in [4.78, 5) is 8.29. The van der Waals surface area contributed by atoms with Crippen molar-refractivity contribution in [2.75, 3.05) is 19.5 Å². The second-order valence-corrected chi connectivity index (χ2v) is 3.49. The zero-order chi connectivity index (χ0) is 13.0. The van der Waals surface area contributed by atoms with Gasteiger partial charge in [-0.1, -0.05) is 0 Å². The summed E-state index contributed by atoms with van der Waals surface area (Å²) in [6, 6.07) is 1.60. The Kier molecular flexibility index (Phi) is 3.56. The molecule has 2 aromatic heterocycles. The third kappa shape index (κ3) is 2.65. The molecular weight excluding hydrogens is 236 g/mol. The van der Waals surface area contributed by atoms with E-state index in [9.17, 15) is 0 Å². The van der Waals surface area contributed by atoms with Crippen molar-refractivity contribution in [3.05, 3.63) is 18.2 Å². The maximum atomic E-state index is 5.05. The molecular formula is C10H14N6O2. The van der Waals surface area contributed by atoms with Crippen molar-refractivity contribution in [1.82, 2.24) is 24.7 Å². The fraction of sp³-hybridized carbons (Fsp3) is 0.400. The summed E-state index contributed by atoms with van der Waals surface area (Å²) in [5.74, 6) is 2.05. The predicted molar refractivity (Wildman–Crippen MR) is 63.5 cm³/mol. The van der Waals surface area contributed by atoms with Gasteiger partial charge in [-0.2, -0.15) is 9.97 Å². The Bertz CT molecular complexity index is 505. The first kappa shape index (κ1) is 12.1. The molecule has 0 aliphatic carbocycles. The molecule has 8 nitrogen and oxygen atoms in total. The summed E-state index contributed by atoms with van der Waals surface area (Å²) < 4.78 is 11.9. The van der Waals surface area contributed by atoms with E-state index in [4.69, 9.17) is 9.47 Å². The van der Waals surface area contributed by atoms with Gasteiger partial charge in [0.15, 0.2) is 5.82 Å². The van der Waals surface area contributed by atoms with Gasteiger partial charge in [0.05, 0.1) is 26.8 Å². The van der Waals surface area contributed by atoms with Crippen LogP contribution in [0.1, 0.15) is 5.82 Å². The van der Waals surface area contributed by atoms with Crippen molar-refractivity contribution >= 4 is 5.95 Å². The summed E-state index contributed by atoms with van der Waals surface area (Å²) in [6.07, 6.45) is 1.63. The second kappa shape index (κ2) is 5.30. The van der Waals surface area contributed by atoms with E-state index in [0.717, 1.165) is 5.82 Å². The molecule has 0 atom stereocenters. The van der Waals surface area contributed by atoms with Gasteiger partial charge >= 0.3 is 0 Å². The first-order valence-electron chi connectivity index (χ1n) is 5.26. The molecule has 0 bridgehead atoms. The Hall–Kier alpha value is -2.38. The van der Waals surface area contributed by atoms with Gasteiger partial charge in [-0.3, -0.25) is 0 Å². The number of rotatable bonds is 5. The molecule has 0 aliphatic heterocycles. The highest BCUT2D eigenvalue weighted by Gasteiger charge is 2.06. The smallest absolute Gasteiger partial charge is 0.229 e. The van der Waals surface area contributed by atoms with Crippen LogP contribution in [0.4, 0.5) is 5.95 Å². The molecule has 0 fully saturated rings. The SMILES string of the molecule is COc1cc(OC)nc(NCc2nncn2C)n1. The maximum absolute atomic E-state index is 5.05. The van der Waals surface area contributed by atoms with E-state index in [2.05, 4.69) is 25.5 Å². The lowest BCUT2D eigenvalue weighted by Crippen LogP contribution is -2.09. The first-order valence-corrected chi connectivity index (χ1v) is 5.26. The molecule has 8 heteroatoms. The average molecular weight is 250 g/mol. The van der Waals surface area contributed by atoms with Crippen molar-refractivity contribution in [2.45, 2.75) is 6.54 Å². The number of ether oxygens (including phenoxy) is 2. The molecule has 0 aliphatic rings. The second-order valence-electron chi connectivity index (χ2n) is 3.49. The van der Waals surface area contributed by atoms with Crippen LogP contribution >= 0.6 is 0 Å². The number of methoxy groups -OCH3 is 2. The van der Waals surface area contributed by atoms with Crippen LogP contribution in [0, 0.1) is 0 Å². The Balaban J connectivity index is 2.11. The van der Waals surface area contributed by atoms with E-state index in [1.165, 1.54) is 14.2 Å². The fourth-order valence-electron chi connectivity index (χ4n) is 1.32. The van der Waals surface area contributed by atoms with Crippen LogP contribution in [0.15, 0.2) is 12.4 Å². The fourth-order valence-corrected chi connectivity index (χ4v) is 1.32. The summed E-state index contributed by atoms with van der Waals surface area (Å²) in [6.45, 7) is 0.465. The molecule has 0 aromatic carbocycles. The Morgan fingerprint density at radius 2 is 1.89 bits per heavy atom. The standard InChI is InChI=1S/C10H14N6O2/c1-16-6-12-15-7(16)5-11-10-13-8(17-2)4-9(14-10)18-3/h4,6H,5H2,1-3H3,(H,11,13,14). The van der Waals surface area contributed by atoms with Crippen LogP contribution in [-0.2, 0) is 13.6 Å². The monoisotopic (exact) mass is 250 g/mol. The summed E-state index contributed by atoms with van der Waals surface area (Å²) in [7, 11) is 4.94. The normalized spacial score (nSPS) is 10.2. The number of anilines is 1. The van der Waals surface area contributed by atoms with Crippen molar-refractivity contribution in [1.29, 1.82) is 0 Å². The topological polar surface area (TPSA) is 87.0 Å². The van der Waals surface area contributed by atoms with Gasteiger partial charge in [-0.25, -0.2) is 0 Å². The Labute approximate surface area is 104 Å². The number of nitrogens with one attached hydrogen (secondary N) is 1. The van der Waals surface area contributed by atoms with Crippen LogP contribution in [0.3, 0.4) is 0 Å². The van der Waals surface area contributed by atoms with E-state index in [0.29, 0.717) is 24.3 Å².